The van der Waals surface area contributed by atoms with E-state index in [9.17, 15) is 20.2 Å². The Morgan fingerprint density at radius 1 is 1.03 bits per heavy atom. The van der Waals surface area contributed by atoms with Gasteiger partial charge in [0, 0.05) is 28.9 Å². The number of amides is 1. The average molecular weight is 509 g/mol. The summed E-state index contributed by atoms with van der Waals surface area (Å²) in [4.78, 5) is 28.4. The van der Waals surface area contributed by atoms with Gasteiger partial charge in [-0.3, -0.25) is 14.9 Å². The summed E-state index contributed by atoms with van der Waals surface area (Å²) in [6, 6.07) is 26.1. The van der Waals surface area contributed by atoms with Gasteiger partial charge in [-0.25, -0.2) is 4.98 Å². The SMILES string of the molecule is Cc1ccc(-c2cc(-c3ccccc3)c(C#N)c(S[C@@H](C)C(=O)Nc3ccc([N+](=O)[O-])cc3C)n2)cc1. The van der Waals surface area contributed by atoms with Crippen molar-refractivity contribution in [2.75, 3.05) is 5.32 Å². The van der Waals surface area contributed by atoms with Gasteiger partial charge < -0.3 is 5.32 Å². The third-order valence-electron chi connectivity index (χ3n) is 5.87. The van der Waals surface area contributed by atoms with Gasteiger partial charge in [0.1, 0.15) is 11.1 Å². The molecule has 4 rings (SSSR count). The molecule has 0 saturated carbocycles. The molecule has 0 unspecified atom stereocenters. The number of rotatable bonds is 7. The Morgan fingerprint density at radius 2 is 1.73 bits per heavy atom. The molecule has 0 saturated heterocycles. The number of benzene rings is 3. The smallest absolute Gasteiger partial charge is 0.269 e. The van der Waals surface area contributed by atoms with Gasteiger partial charge >= 0.3 is 0 Å². The molecular weight excluding hydrogens is 484 g/mol. The zero-order valence-electron chi connectivity index (χ0n) is 20.6. The van der Waals surface area contributed by atoms with Crippen molar-refractivity contribution in [3.63, 3.8) is 0 Å². The molecule has 0 aliphatic heterocycles. The highest BCUT2D eigenvalue weighted by molar-refractivity contribution is 8.00. The molecule has 0 aliphatic rings. The first-order chi connectivity index (χ1) is 17.8. The third-order valence-corrected chi connectivity index (χ3v) is 6.95. The molecule has 3 aromatic carbocycles. The summed E-state index contributed by atoms with van der Waals surface area (Å²) >= 11 is 1.20. The number of hydrogen-bond donors (Lipinski definition) is 1. The van der Waals surface area contributed by atoms with E-state index in [1.165, 1.54) is 30.0 Å². The molecule has 0 bridgehead atoms. The van der Waals surface area contributed by atoms with Crippen LogP contribution < -0.4 is 5.32 Å². The van der Waals surface area contributed by atoms with Crippen molar-refractivity contribution in [3.8, 4) is 28.5 Å². The van der Waals surface area contributed by atoms with Crippen LogP contribution in [0.3, 0.4) is 0 Å². The summed E-state index contributed by atoms with van der Waals surface area (Å²) in [6.45, 7) is 5.46. The van der Waals surface area contributed by atoms with Crippen molar-refractivity contribution in [1.82, 2.24) is 4.98 Å². The molecule has 0 radical (unpaired) electrons. The number of pyridine rings is 1. The molecule has 37 heavy (non-hydrogen) atoms. The summed E-state index contributed by atoms with van der Waals surface area (Å²) in [5.41, 5.74) is 5.82. The van der Waals surface area contributed by atoms with Crippen LogP contribution in [-0.4, -0.2) is 21.1 Å². The first-order valence-corrected chi connectivity index (χ1v) is 12.4. The number of carbonyl (C=O) groups excluding carboxylic acids is 1. The van der Waals surface area contributed by atoms with Gasteiger partial charge in [0.25, 0.3) is 5.69 Å². The van der Waals surface area contributed by atoms with Crippen LogP contribution in [-0.2, 0) is 4.79 Å². The Morgan fingerprint density at radius 3 is 2.35 bits per heavy atom. The number of thioether (sulfide) groups is 1. The monoisotopic (exact) mass is 508 g/mol. The number of non-ortho nitro benzene ring substituents is 1. The second kappa shape index (κ2) is 11.1. The van der Waals surface area contributed by atoms with Crippen LogP contribution >= 0.6 is 11.8 Å². The van der Waals surface area contributed by atoms with Gasteiger partial charge in [0.15, 0.2) is 0 Å². The predicted molar refractivity (Wildman–Crippen MR) is 146 cm³/mol. The second-order valence-corrected chi connectivity index (χ2v) is 9.91. The topological polar surface area (TPSA) is 109 Å². The van der Waals surface area contributed by atoms with Crippen molar-refractivity contribution in [2.24, 2.45) is 0 Å². The fourth-order valence-electron chi connectivity index (χ4n) is 3.79. The van der Waals surface area contributed by atoms with E-state index in [2.05, 4.69) is 11.4 Å². The van der Waals surface area contributed by atoms with E-state index in [4.69, 9.17) is 4.98 Å². The van der Waals surface area contributed by atoms with Gasteiger partial charge in [0.05, 0.1) is 21.4 Å². The van der Waals surface area contributed by atoms with E-state index in [-0.39, 0.29) is 11.6 Å². The molecule has 1 atom stereocenters. The molecule has 184 valence electrons. The lowest BCUT2D eigenvalue weighted by atomic mass is 9.99. The maximum atomic E-state index is 13.1. The lowest BCUT2D eigenvalue weighted by molar-refractivity contribution is -0.384. The molecule has 1 aromatic heterocycles. The molecule has 1 heterocycles. The molecule has 1 amide bonds. The van der Waals surface area contributed by atoms with Crippen molar-refractivity contribution in [2.45, 2.75) is 31.0 Å². The Kier molecular flexibility index (Phi) is 7.66. The highest BCUT2D eigenvalue weighted by Crippen LogP contribution is 2.36. The molecule has 7 nitrogen and oxygen atoms in total. The minimum atomic E-state index is -0.592. The largest absolute Gasteiger partial charge is 0.325 e. The molecule has 0 aliphatic carbocycles. The summed E-state index contributed by atoms with van der Waals surface area (Å²) in [6.07, 6.45) is 0. The highest BCUT2D eigenvalue weighted by atomic mass is 32.2. The first kappa shape index (κ1) is 25.6. The minimum absolute atomic E-state index is 0.0397. The number of nitro groups is 1. The van der Waals surface area contributed by atoms with Crippen LogP contribution in [0.5, 0.6) is 0 Å². The summed E-state index contributed by atoms with van der Waals surface area (Å²) in [5, 5.41) is 23.8. The number of nitriles is 1. The van der Waals surface area contributed by atoms with Crippen LogP contribution in [0.25, 0.3) is 22.4 Å². The van der Waals surface area contributed by atoms with Gasteiger partial charge in [-0.2, -0.15) is 5.26 Å². The van der Waals surface area contributed by atoms with Gasteiger partial charge in [-0.1, -0.05) is 71.9 Å². The third kappa shape index (κ3) is 5.85. The van der Waals surface area contributed by atoms with Crippen LogP contribution in [0.15, 0.2) is 83.9 Å². The van der Waals surface area contributed by atoms with Gasteiger partial charge in [-0.15, -0.1) is 0 Å². The Bertz CT molecular complexity index is 1510. The first-order valence-electron chi connectivity index (χ1n) is 11.6. The maximum Gasteiger partial charge on any atom is 0.269 e. The Hall–Kier alpha value is -4.48. The maximum absolute atomic E-state index is 13.1. The van der Waals surface area contributed by atoms with Gasteiger partial charge in [0.2, 0.25) is 5.91 Å². The van der Waals surface area contributed by atoms with Crippen LogP contribution in [0.2, 0.25) is 0 Å². The van der Waals surface area contributed by atoms with E-state index < -0.39 is 10.2 Å². The number of nitrogens with one attached hydrogen (secondary N) is 1. The molecule has 1 N–H and O–H groups in total. The molecule has 4 aromatic rings. The van der Waals surface area contributed by atoms with Crippen molar-refractivity contribution >= 4 is 29.0 Å². The predicted octanol–water partition coefficient (Wildman–Crippen LogP) is 6.93. The lowest BCUT2D eigenvalue weighted by Gasteiger charge is -2.16. The zero-order chi connectivity index (χ0) is 26.5. The molecule has 0 spiro atoms. The number of anilines is 1. The van der Waals surface area contributed by atoms with Crippen molar-refractivity contribution in [3.05, 3.63) is 106 Å². The van der Waals surface area contributed by atoms with Crippen molar-refractivity contribution in [1.29, 1.82) is 5.26 Å². The zero-order valence-corrected chi connectivity index (χ0v) is 21.4. The van der Waals surface area contributed by atoms with E-state index >= 15 is 0 Å². The van der Waals surface area contributed by atoms with Crippen molar-refractivity contribution < 1.29 is 9.72 Å². The minimum Gasteiger partial charge on any atom is -0.325 e. The lowest BCUT2D eigenvalue weighted by Crippen LogP contribution is -2.23. The summed E-state index contributed by atoms with van der Waals surface area (Å²) < 4.78 is 0. The number of nitrogens with zero attached hydrogens (tertiary/aromatic N) is 3. The van der Waals surface area contributed by atoms with Gasteiger partial charge in [-0.05, 0) is 44.0 Å². The summed E-state index contributed by atoms with van der Waals surface area (Å²) in [5.74, 6) is -0.297. The van der Waals surface area contributed by atoms with E-state index in [1.54, 1.807) is 13.8 Å². The molecule has 8 heteroatoms. The standard InChI is InChI=1S/C29H24N4O3S/c1-18-9-11-22(12-10-18)27-16-24(21-7-5-4-6-8-21)25(17-30)29(32-27)37-20(3)28(34)31-26-14-13-23(33(35)36)15-19(26)2/h4-16,20H,1-3H3,(H,31,34)/t20-/m0/s1. The normalized spacial score (nSPS) is 11.4. The Balaban J connectivity index is 1.69. The highest BCUT2D eigenvalue weighted by Gasteiger charge is 2.22. The van der Waals surface area contributed by atoms with Crippen LogP contribution in [0, 0.1) is 35.3 Å². The number of nitro benzene ring substituents is 1. The van der Waals surface area contributed by atoms with E-state index in [0.717, 1.165) is 22.3 Å². The van der Waals surface area contributed by atoms with Crippen LogP contribution in [0.1, 0.15) is 23.6 Å². The van der Waals surface area contributed by atoms with E-state index in [1.807, 2.05) is 67.6 Å². The quantitative estimate of drug-likeness (QED) is 0.165. The fraction of sp³-hybridized carbons (Fsp3) is 0.138. The summed E-state index contributed by atoms with van der Waals surface area (Å²) in [7, 11) is 0. The second-order valence-electron chi connectivity index (χ2n) is 8.58. The molecule has 0 fully saturated rings. The number of hydrogen-bond acceptors (Lipinski definition) is 6. The number of carbonyl (C=O) groups is 1. The fourth-order valence-corrected chi connectivity index (χ4v) is 4.71. The van der Waals surface area contributed by atoms with E-state index in [0.29, 0.717) is 27.5 Å². The molecular formula is C29H24N4O3S. The van der Waals surface area contributed by atoms with Crippen LogP contribution in [0.4, 0.5) is 11.4 Å². The Labute approximate surface area is 219 Å². The number of aryl methyl sites for hydroxylation is 2. The number of aromatic nitrogens is 1. The average Bonchev–Trinajstić information content (AvgIpc) is 2.90.